The van der Waals surface area contributed by atoms with Crippen molar-refractivity contribution in [3.05, 3.63) is 105 Å². The number of nitriles is 1. The lowest BCUT2D eigenvalue weighted by Gasteiger charge is -2.32. The summed E-state index contributed by atoms with van der Waals surface area (Å²) in [5.41, 5.74) is 11.2. The smallest absolute Gasteiger partial charge is 0.328 e. The fraction of sp³-hybridized carbons (Fsp3) is 0.138. The molecule has 5 nitrogen and oxygen atoms in total. The average Bonchev–Trinajstić information content (AvgIpc) is 2.82. The summed E-state index contributed by atoms with van der Waals surface area (Å²) in [4.78, 5) is 10.9. The molecule has 36 heavy (non-hydrogen) atoms. The van der Waals surface area contributed by atoms with E-state index in [0.717, 1.165) is 47.6 Å². The van der Waals surface area contributed by atoms with Crippen molar-refractivity contribution in [3.8, 4) is 6.07 Å². The predicted octanol–water partition coefficient (Wildman–Crippen LogP) is 6.95. The van der Waals surface area contributed by atoms with Crippen LogP contribution in [-0.2, 0) is 4.79 Å². The summed E-state index contributed by atoms with van der Waals surface area (Å²) in [7, 11) is 0. The maximum atomic E-state index is 14.0. The third-order valence-electron chi connectivity index (χ3n) is 6.37. The number of carbonyl (C=O) groups is 1. The van der Waals surface area contributed by atoms with Crippen LogP contribution >= 0.6 is 11.6 Å². The second-order valence-electron chi connectivity index (χ2n) is 8.63. The molecule has 1 aliphatic carbocycles. The Morgan fingerprint density at radius 3 is 2.36 bits per heavy atom. The van der Waals surface area contributed by atoms with Crippen molar-refractivity contribution in [1.29, 1.82) is 10.7 Å². The lowest BCUT2D eigenvalue weighted by molar-refractivity contribution is -0.131. The largest absolute Gasteiger partial charge is 0.478 e. The fourth-order valence-corrected chi connectivity index (χ4v) is 4.58. The minimum Gasteiger partial charge on any atom is -0.478 e. The van der Waals surface area contributed by atoms with Crippen LogP contribution in [0.4, 0.5) is 10.1 Å². The zero-order valence-electron chi connectivity index (χ0n) is 19.3. The first-order chi connectivity index (χ1) is 17.3. The Morgan fingerprint density at radius 2 is 1.78 bits per heavy atom. The van der Waals surface area contributed by atoms with Gasteiger partial charge in [-0.05, 0) is 82.5 Å². The summed E-state index contributed by atoms with van der Waals surface area (Å²) < 4.78 is 14.0. The second-order valence-corrected chi connectivity index (χ2v) is 9.06. The standard InChI is InChI=1S/C29H23ClFN3O2/c30-22-10-11-23(21(14-22)16-32)28(18-2-1-3-18)27(20-9-12-25(33)24(15-20)29(31)34)19-7-4-17(5-8-19)6-13-26(35)36/h4-15,18,34H,1-3,33H2,(H,35,36). The van der Waals surface area contributed by atoms with E-state index in [4.69, 9.17) is 27.9 Å². The zero-order chi connectivity index (χ0) is 25.8. The van der Waals surface area contributed by atoms with Crippen molar-refractivity contribution in [3.63, 3.8) is 0 Å². The summed E-state index contributed by atoms with van der Waals surface area (Å²) in [6.07, 6.45) is 5.50. The van der Waals surface area contributed by atoms with Gasteiger partial charge in [0.2, 0.25) is 5.97 Å². The van der Waals surface area contributed by atoms with Crippen molar-refractivity contribution in [1.82, 2.24) is 0 Å². The molecule has 3 aromatic carbocycles. The highest BCUT2D eigenvalue weighted by molar-refractivity contribution is 6.30. The quantitative estimate of drug-likeness (QED) is 0.141. The van der Waals surface area contributed by atoms with Crippen molar-refractivity contribution in [2.45, 2.75) is 19.3 Å². The summed E-state index contributed by atoms with van der Waals surface area (Å²) in [5.74, 6) is -2.00. The van der Waals surface area contributed by atoms with Crippen molar-refractivity contribution in [2.24, 2.45) is 5.92 Å². The molecule has 0 bridgehead atoms. The number of carboxylic acid groups (broad SMARTS) is 1. The van der Waals surface area contributed by atoms with E-state index in [1.807, 2.05) is 18.2 Å². The van der Waals surface area contributed by atoms with E-state index < -0.39 is 11.9 Å². The number of nitrogens with two attached hydrogens (primary N) is 1. The molecule has 0 aromatic heterocycles. The average molecular weight is 500 g/mol. The second kappa shape index (κ2) is 10.6. The Balaban J connectivity index is 2.02. The van der Waals surface area contributed by atoms with E-state index in [2.05, 4.69) is 6.07 Å². The SMILES string of the molecule is N#Cc1cc(Cl)ccc1C(=C(c1ccc(C=CC(=O)O)cc1)c1ccc(N)c(C(=N)F)c1)C1CCC1. The first-order valence-corrected chi connectivity index (χ1v) is 11.8. The van der Waals surface area contributed by atoms with E-state index in [0.29, 0.717) is 21.7 Å². The highest BCUT2D eigenvalue weighted by Gasteiger charge is 2.29. The van der Waals surface area contributed by atoms with E-state index in [1.54, 1.807) is 42.5 Å². The summed E-state index contributed by atoms with van der Waals surface area (Å²) in [6.45, 7) is 0. The number of halogens is 2. The number of hydrogen-bond acceptors (Lipinski definition) is 4. The molecule has 0 aliphatic heterocycles. The normalized spacial score (nSPS) is 14.1. The Morgan fingerprint density at radius 1 is 1.08 bits per heavy atom. The Bertz CT molecular complexity index is 1450. The van der Waals surface area contributed by atoms with Gasteiger partial charge in [0.05, 0.1) is 17.2 Å². The van der Waals surface area contributed by atoms with E-state index in [9.17, 15) is 14.4 Å². The van der Waals surface area contributed by atoms with Gasteiger partial charge < -0.3 is 10.8 Å². The Hall–Kier alpha value is -4.21. The molecule has 3 aromatic rings. The van der Waals surface area contributed by atoms with Gasteiger partial charge in [0.25, 0.3) is 0 Å². The molecule has 0 amide bonds. The number of allylic oxidation sites excluding steroid dienone is 1. The van der Waals surface area contributed by atoms with Gasteiger partial charge in [0.15, 0.2) is 0 Å². The van der Waals surface area contributed by atoms with Crippen molar-refractivity contribution < 1.29 is 14.3 Å². The molecule has 0 saturated heterocycles. The number of anilines is 1. The van der Waals surface area contributed by atoms with Gasteiger partial charge in [-0.25, -0.2) is 4.79 Å². The molecule has 0 atom stereocenters. The molecule has 0 spiro atoms. The molecular formula is C29H23ClFN3O2. The molecule has 4 N–H and O–H groups in total. The van der Waals surface area contributed by atoms with Crippen LogP contribution in [0, 0.1) is 22.7 Å². The Kier molecular flexibility index (Phi) is 7.33. The highest BCUT2D eigenvalue weighted by atomic mass is 35.5. The number of nitrogens with zero attached hydrogens (tertiary/aromatic N) is 1. The lowest BCUT2D eigenvalue weighted by atomic mass is 9.72. The van der Waals surface area contributed by atoms with Crippen LogP contribution < -0.4 is 5.73 Å². The predicted molar refractivity (Wildman–Crippen MR) is 141 cm³/mol. The summed E-state index contributed by atoms with van der Waals surface area (Å²) in [6, 6.07) is 19.8. The van der Waals surface area contributed by atoms with Gasteiger partial charge in [0, 0.05) is 16.8 Å². The van der Waals surface area contributed by atoms with Crippen LogP contribution in [0.1, 0.15) is 52.6 Å². The summed E-state index contributed by atoms with van der Waals surface area (Å²) >= 11 is 6.19. The monoisotopic (exact) mass is 499 g/mol. The number of benzene rings is 3. The molecule has 1 fully saturated rings. The van der Waals surface area contributed by atoms with E-state index in [-0.39, 0.29) is 17.2 Å². The number of rotatable bonds is 7. The van der Waals surface area contributed by atoms with Gasteiger partial charge >= 0.3 is 5.97 Å². The Labute approximate surface area is 213 Å². The summed E-state index contributed by atoms with van der Waals surface area (Å²) in [5, 5.41) is 26.8. The maximum absolute atomic E-state index is 14.0. The number of carboxylic acids is 1. The van der Waals surface area contributed by atoms with Crippen LogP contribution in [0.15, 0.2) is 66.7 Å². The minimum atomic E-state index is -1.13. The topological polar surface area (TPSA) is 111 Å². The van der Waals surface area contributed by atoms with Gasteiger partial charge in [0.1, 0.15) is 0 Å². The third kappa shape index (κ3) is 5.22. The molecule has 4 rings (SSSR count). The van der Waals surface area contributed by atoms with Gasteiger partial charge in [-0.2, -0.15) is 9.65 Å². The number of hydrogen-bond donors (Lipinski definition) is 3. The zero-order valence-corrected chi connectivity index (χ0v) is 20.0. The van der Waals surface area contributed by atoms with Gasteiger partial charge in [-0.3, -0.25) is 5.41 Å². The first-order valence-electron chi connectivity index (χ1n) is 11.4. The van der Waals surface area contributed by atoms with Crippen LogP contribution in [0.25, 0.3) is 17.2 Å². The van der Waals surface area contributed by atoms with E-state index >= 15 is 0 Å². The molecule has 180 valence electrons. The molecule has 1 aliphatic rings. The van der Waals surface area contributed by atoms with Crippen molar-refractivity contribution >= 4 is 46.4 Å². The number of nitrogen functional groups attached to an aromatic ring is 1. The fourth-order valence-electron chi connectivity index (χ4n) is 4.41. The molecule has 7 heteroatoms. The third-order valence-corrected chi connectivity index (χ3v) is 6.61. The number of aliphatic carboxylic acids is 1. The van der Waals surface area contributed by atoms with Crippen LogP contribution in [0.5, 0.6) is 0 Å². The molecule has 0 heterocycles. The molecular weight excluding hydrogens is 477 g/mol. The minimum absolute atomic E-state index is 0.00409. The van der Waals surface area contributed by atoms with Crippen LogP contribution in [-0.4, -0.2) is 17.0 Å². The maximum Gasteiger partial charge on any atom is 0.328 e. The molecule has 1 saturated carbocycles. The molecule has 0 radical (unpaired) electrons. The first kappa shape index (κ1) is 24.9. The van der Waals surface area contributed by atoms with Gasteiger partial charge in [-0.1, -0.05) is 54.4 Å². The van der Waals surface area contributed by atoms with Crippen molar-refractivity contribution in [2.75, 3.05) is 5.73 Å². The lowest BCUT2D eigenvalue weighted by Crippen LogP contribution is -2.16. The van der Waals surface area contributed by atoms with Gasteiger partial charge in [-0.15, -0.1) is 0 Å². The van der Waals surface area contributed by atoms with Crippen LogP contribution in [0.3, 0.4) is 0 Å². The highest BCUT2D eigenvalue weighted by Crippen LogP contribution is 2.46. The van der Waals surface area contributed by atoms with E-state index in [1.165, 1.54) is 6.08 Å². The number of nitrogens with one attached hydrogen (secondary N) is 1. The molecule has 0 unspecified atom stereocenters. The van der Waals surface area contributed by atoms with Crippen LogP contribution in [0.2, 0.25) is 5.02 Å².